The molecule has 1 amide bonds. The van der Waals surface area contributed by atoms with Gasteiger partial charge in [-0.25, -0.2) is 0 Å². The maximum absolute atomic E-state index is 11.9. The number of nitrogens with zero attached hydrogens (tertiary/aromatic N) is 1. The Morgan fingerprint density at radius 2 is 2.11 bits per heavy atom. The van der Waals surface area contributed by atoms with Gasteiger partial charge in [-0.3, -0.25) is 9.59 Å². The predicted molar refractivity (Wildman–Crippen MR) is 74.5 cm³/mol. The number of hydrogen-bond donors (Lipinski definition) is 1. The van der Waals surface area contributed by atoms with Gasteiger partial charge in [0.05, 0.1) is 0 Å². The van der Waals surface area contributed by atoms with E-state index < -0.39 is 0 Å². The number of anilines is 2. The van der Waals surface area contributed by atoms with Crippen LogP contribution in [0.15, 0.2) is 24.3 Å². The van der Waals surface area contributed by atoms with Crippen molar-refractivity contribution in [1.82, 2.24) is 0 Å². The standard InChI is InChI=1S/C13H16N2O2S/c1-9(16)18-8-10-6-13(17)15(7-10)12-4-2-11(14)3-5-12/h2-5,10H,6-8,14H2,1H3. The summed E-state index contributed by atoms with van der Waals surface area (Å²) in [5.74, 6) is 1.09. The fraction of sp³-hybridized carbons (Fsp3) is 0.385. The third kappa shape index (κ3) is 3.04. The summed E-state index contributed by atoms with van der Waals surface area (Å²) in [6.07, 6.45) is 0.519. The molecule has 2 N–H and O–H groups in total. The van der Waals surface area contributed by atoms with Crippen molar-refractivity contribution >= 4 is 34.2 Å². The number of hydrogen-bond acceptors (Lipinski definition) is 4. The molecule has 1 heterocycles. The minimum Gasteiger partial charge on any atom is -0.399 e. The highest BCUT2D eigenvalue weighted by Crippen LogP contribution is 2.27. The molecule has 0 saturated carbocycles. The lowest BCUT2D eigenvalue weighted by molar-refractivity contribution is -0.117. The van der Waals surface area contributed by atoms with E-state index in [4.69, 9.17) is 5.73 Å². The van der Waals surface area contributed by atoms with E-state index in [1.807, 2.05) is 12.1 Å². The Balaban J connectivity index is 2.00. The van der Waals surface area contributed by atoms with Crippen LogP contribution in [0.25, 0.3) is 0 Å². The van der Waals surface area contributed by atoms with Crippen molar-refractivity contribution < 1.29 is 9.59 Å². The first-order chi connectivity index (χ1) is 8.56. The minimum absolute atomic E-state index is 0.105. The zero-order valence-corrected chi connectivity index (χ0v) is 11.1. The topological polar surface area (TPSA) is 63.4 Å². The van der Waals surface area contributed by atoms with Gasteiger partial charge in [0.1, 0.15) is 0 Å². The van der Waals surface area contributed by atoms with E-state index in [9.17, 15) is 9.59 Å². The van der Waals surface area contributed by atoms with Crippen molar-refractivity contribution in [1.29, 1.82) is 0 Å². The highest BCUT2D eigenvalue weighted by molar-refractivity contribution is 8.13. The molecular weight excluding hydrogens is 248 g/mol. The van der Waals surface area contributed by atoms with Gasteiger partial charge in [0, 0.05) is 37.0 Å². The van der Waals surface area contributed by atoms with Crippen molar-refractivity contribution in [2.24, 2.45) is 5.92 Å². The number of benzene rings is 1. The van der Waals surface area contributed by atoms with Gasteiger partial charge < -0.3 is 10.6 Å². The van der Waals surface area contributed by atoms with E-state index in [-0.39, 0.29) is 16.9 Å². The van der Waals surface area contributed by atoms with E-state index in [1.165, 1.54) is 11.8 Å². The van der Waals surface area contributed by atoms with Crippen LogP contribution in [0.3, 0.4) is 0 Å². The van der Waals surface area contributed by atoms with E-state index in [2.05, 4.69) is 0 Å². The summed E-state index contributed by atoms with van der Waals surface area (Å²) < 4.78 is 0. The monoisotopic (exact) mass is 264 g/mol. The lowest BCUT2D eigenvalue weighted by Gasteiger charge is -2.16. The molecule has 1 aliphatic rings. The molecular formula is C13H16N2O2S. The first-order valence-electron chi connectivity index (χ1n) is 5.85. The summed E-state index contributed by atoms with van der Waals surface area (Å²) in [6.45, 7) is 2.24. The Labute approximate surface area is 111 Å². The highest BCUT2D eigenvalue weighted by Gasteiger charge is 2.30. The van der Waals surface area contributed by atoms with Crippen LogP contribution in [-0.2, 0) is 9.59 Å². The van der Waals surface area contributed by atoms with Crippen LogP contribution < -0.4 is 10.6 Å². The SMILES string of the molecule is CC(=O)SCC1CC(=O)N(c2ccc(N)cc2)C1. The van der Waals surface area contributed by atoms with Crippen molar-refractivity contribution in [3.8, 4) is 0 Å². The molecule has 0 bridgehead atoms. The smallest absolute Gasteiger partial charge is 0.227 e. The molecule has 5 heteroatoms. The summed E-state index contributed by atoms with van der Waals surface area (Å²) >= 11 is 1.29. The molecule has 1 aromatic carbocycles. The second kappa shape index (κ2) is 5.44. The van der Waals surface area contributed by atoms with Crippen LogP contribution in [0.1, 0.15) is 13.3 Å². The Kier molecular flexibility index (Phi) is 3.91. The maximum atomic E-state index is 11.9. The fourth-order valence-corrected chi connectivity index (χ4v) is 2.73. The van der Waals surface area contributed by atoms with Gasteiger partial charge in [-0.15, -0.1) is 0 Å². The first kappa shape index (κ1) is 13.0. The number of rotatable bonds is 3. The third-order valence-corrected chi connectivity index (χ3v) is 3.98. The van der Waals surface area contributed by atoms with Crippen molar-refractivity contribution in [3.05, 3.63) is 24.3 Å². The summed E-state index contributed by atoms with van der Waals surface area (Å²) in [5.41, 5.74) is 7.19. The van der Waals surface area contributed by atoms with E-state index in [1.54, 1.807) is 24.0 Å². The van der Waals surface area contributed by atoms with E-state index in [0.29, 0.717) is 24.4 Å². The largest absolute Gasteiger partial charge is 0.399 e. The Morgan fingerprint density at radius 1 is 1.44 bits per heavy atom. The van der Waals surface area contributed by atoms with Crippen LogP contribution in [0.2, 0.25) is 0 Å². The Bertz CT molecular complexity index is 459. The van der Waals surface area contributed by atoms with Gasteiger partial charge in [-0.1, -0.05) is 11.8 Å². The van der Waals surface area contributed by atoms with Crippen molar-refractivity contribution in [2.75, 3.05) is 22.9 Å². The average Bonchev–Trinajstić information content (AvgIpc) is 2.69. The molecule has 1 aliphatic heterocycles. The number of carbonyl (C=O) groups is 2. The maximum Gasteiger partial charge on any atom is 0.227 e. The molecule has 1 atom stereocenters. The van der Waals surface area contributed by atoms with Gasteiger partial charge in [-0.2, -0.15) is 0 Å². The summed E-state index contributed by atoms with van der Waals surface area (Å²) in [5, 5.41) is 0.105. The van der Waals surface area contributed by atoms with Crippen LogP contribution >= 0.6 is 11.8 Å². The molecule has 0 aromatic heterocycles. The molecule has 0 spiro atoms. The molecule has 1 unspecified atom stereocenters. The third-order valence-electron chi connectivity index (χ3n) is 2.93. The predicted octanol–water partition coefficient (Wildman–Crippen LogP) is 1.90. The van der Waals surface area contributed by atoms with Gasteiger partial charge in [-0.05, 0) is 30.2 Å². The molecule has 1 aromatic rings. The van der Waals surface area contributed by atoms with Crippen molar-refractivity contribution in [3.63, 3.8) is 0 Å². The van der Waals surface area contributed by atoms with Gasteiger partial charge in [0.2, 0.25) is 5.91 Å². The molecule has 1 saturated heterocycles. The quantitative estimate of drug-likeness (QED) is 0.847. The minimum atomic E-state index is 0.105. The van der Waals surface area contributed by atoms with Crippen LogP contribution in [0, 0.1) is 5.92 Å². The van der Waals surface area contributed by atoms with Gasteiger partial charge in [0.15, 0.2) is 5.12 Å². The van der Waals surface area contributed by atoms with Crippen molar-refractivity contribution in [2.45, 2.75) is 13.3 Å². The zero-order chi connectivity index (χ0) is 13.1. The number of nitrogens with two attached hydrogens (primary N) is 1. The molecule has 0 radical (unpaired) electrons. The first-order valence-corrected chi connectivity index (χ1v) is 6.84. The van der Waals surface area contributed by atoms with Crippen LogP contribution in [0.5, 0.6) is 0 Å². The zero-order valence-electron chi connectivity index (χ0n) is 10.3. The van der Waals surface area contributed by atoms with Crippen LogP contribution in [0.4, 0.5) is 11.4 Å². The molecule has 1 fully saturated rings. The summed E-state index contributed by atoms with van der Waals surface area (Å²) in [4.78, 5) is 24.6. The molecule has 2 rings (SSSR count). The highest BCUT2D eigenvalue weighted by atomic mass is 32.2. The summed E-state index contributed by atoms with van der Waals surface area (Å²) in [6, 6.07) is 7.29. The second-order valence-electron chi connectivity index (χ2n) is 4.47. The number of nitrogen functional groups attached to an aromatic ring is 1. The molecule has 0 aliphatic carbocycles. The lowest BCUT2D eigenvalue weighted by Crippen LogP contribution is -2.24. The lowest BCUT2D eigenvalue weighted by atomic mass is 10.1. The normalized spacial score (nSPS) is 19.3. The number of carbonyl (C=O) groups excluding carboxylic acids is 2. The number of amides is 1. The van der Waals surface area contributed by atoms with E-state index >= 15 is 0 Å². The molecule has 96 valence electrons. The number of thioether (sulfide) groups is 1. The summed E-state index contributed by atoms with van der Waals surface area (Å²) in [7, 11) is 0. The second-order valence-corrected chi connectivity index (χ2v) is 5.67. The van der Waals surface area contributed by atoms with E-state index in [0.717, 1.165) is 5.69 Å². The fourth-order valence-electron chi connectivity index (χ4n) is 2.03. The molecule has 4 nitrogen and oxygen atoms in total. The average molecular weight is 264 g/mol. The van der Waals surface area contributed by atoms with Gasteiger partial charge >= 0.3 is 0 Å². The Morgan fingerprint density at radius 3 is 2.72 bits per heavy atom. The Hall–Kier alpha value is -1.49. The van der Waals surface area contributed by atoms with Crippen LogP contribution in [-0.4, -0.2) is 23.3 Å². The van der Waals surface area contributed by atoms with Gasteiger partial charge in [0.25, 0.3) is 0 Å². The molecule has 18 heavy (non-hydrogen) atoms.